The molecular weight excluding hydrogens is 324 g/mol. The monoisotopic (exact) mass is 342 g/mol. The van der Waals surface area contributed by atoms with Crippen LogP contribution >= 0.6 is 0 Å². The van der Waals surface area contributed by atoms with E-state index in [1.165, 1.54) is 0 Å². The standard InChI is InChI=1S/C15H16N6O.CH2O2/c1-3-12(4-2-11(1)14-17-19-20-18-14)15-16-7-8-21(15)13-5-9-22-10-6-13;2-1-3/h1-4,7-8,13H,5-6,9-10H2,(H,17,18,19,20);1H,(H,2,3). The molecular formula is C16H18N6O3. The molecule has 0 spiro atoms. The third kappa shape index (κ3) is 3.89. The van der Waals surface area contributed by atoms with E-state index in [9.17, 15) is 0 Å². The lowest BCUT2D eigenvalue weighted by atomic mass is 10.1. The van der Waals surface area contributed by atoms with Gasteiger partial charge in [0.2, 0.25) is 5.82 Å². The summed E-state index contributed by atoms with van der Waals surface area (Å²) in [5.74, 6) is 1.59. The minimum atomic E-state index is -0.250. The van der Waals surface area contributed by atoms with Crippen LogP contribution < -0.4 is 0 Å². The molecule has 130 valence electrons. The molecule has 1 aliphatic rings. The first kappa shape index (κ1) is 16.8. The van der Waals surface area contributed by atoms with Crippen LogP contribution in [0.25, 0.3) is 22.8 Å². The average molecular weight is 342 g/mol. The molecule has 3 aromatic rings. The summed E-state index contributed by atoms with van der Waals surface area (Å²) in [7, 11) is 0. The first-order valence-electron chi connectivity index (χ1n) is 7.86. The number of carbonyl (C=O) groups is 1. The second-order valence-electron chi connectivity index (χ2n) is 5.42. The van der Waals surface area contributed by atoms with Crippen LogP contribution in [0, 0.1) is 0 Å². The zero-order valence-corrected chi connectivity index (χ0v) is 13.4. The lowest BCUT2D eigenvalue weighted by Crippen LogP contribution is -2.19. The molecule has 2 aromatic heterocycles. The minimum Gasteiger partial charge on any atom is -0.483 e. The van der Waals surface area contributed by atoms with Crippen molar-refractivity contribution in [3.8, 4) is 22.8 Å². The molecule has 1 fully saturated rings. The molecule has 0 atom stereocenters. The van der Waals surface area contributed by atoms with Crippen molar-refractivity contribution in [2.24, 2.45) is 0 Å². The van der Waals surface area contributed by atoms with Crippen LogP contribution in [-0.2, 0) is 9.53 Å². The summed E-state index contributed by atoms with van der Waals surface area (Å²) < 4.78 is 7.70. The number of benzene rings is 1. The first-order chi connectivity index (χ1) is 12.3. The smallest absolute Gasteiger partial charge is 0.290 e. The van der Waals surface area contributed by atoms with E-state index in [1.54, 1.807) is 0 Å². The molecule has 4 rings (SSSR count). The number of rotatable bonds is 3. The maximum Gasteiger partial charge on any atom is 0.290 e. The van der Waals surface area contributed by atoms with Gasteiger partial charge in [-0.15, -0.1) is 10.2 Å². The van der Waals surface area contributed by atoms with Gasteiger partial charge < -0.3 is 14.4 Å². The number of hydrogen-bond donors (Lipinski definition) is 2. The largest absolute Gasteiger partial charge is 0.483 e. The molecule has 25 heavy (non-hydrogen) atoms. The Kier molecular flexibility index (Phi) is 5.47. The van der Waals surface area contributed by atoms with Crippen molar-refractivity contribution in [2.75, 3.05) is 13.2 Å². The molecule has 0 aliphatic carbocycles. The van der Waals surface area contributed by atoms with Crippen molar-refractivity contribution in [1.29, 1.82) is 0 Å². The normalized spacial score (nSPS) is 14.6. The number of imidazole rings is 1. The Bertz CT molecular complexity index is 779. The minimum absolute atomic E-state index is 0.250. The summed E-state index contributed by atoms with van der Waals surface area (Å²) in [6, 6.07) is 8.53. The van der Waals surface area contributed by atoms with Gasteiger partial charge in [-0.05, 0) is 18.1 Å². The molecule has 9 heteroatoms. The molecule has 0 bridgehead atoms. The molecule has 3 heterocycles. The maximum atomic E-state index is 8.36. The Balaban J connectivity index is 0.000000569. The van der Waals surface area contributed by atoms with E-state index in [4.69, 9.17) is 14.6 Å². The molecule has 1 saturated heterocycles. The van der Waals surface area contributed by atoms with Crippen LogP contribution in [0.3, 0.4) is 0 Å². The quantitative estimate of drug-likeness (QED) is 0.696. The Hall–Kier alpha value is -3.07. The zero-order valence-electron chi connectivity index (χ0n) is 13.4. The van der Waals surface area contributed by atoms with Crippen molar-refractivity contribution in [1.82, 2.24) is 30.2 Å². The van der Waals surface area contributed by atoms with E-state index < -0.39 is 0 Å². The summed E-state index contributed by atoms with van der Waals surface area (Å²) in [4.78, 5) is 12.9. The lowest BCUT2D eigenvalue weighted by Gasteiger charge is -2.25. The molecule has 1 aliphatic heterocycles. The fraction of sp³-hybridized carbons (Fsp3) is 0.312. The Labute approximate surface area is 143 Å². The first-order valence-corrected chi connectivity index (χ1v) is 7.86. The Morgan fingerprint density at radius 3 is 2.52 bits per heavy atom. The highest BCUT2D eigenvalue weighted by molar-refractivity contribution is 5.63. The summed E-state index contributed by atoms with van der Waals surface area (Å²) >= 11 is 0. The van der Waals surface area contributed by atoms with E-state index in [0.29, 0.717) is 11.9 Å². The van der Waals surface area contributed by atoms with E-state index in [0.717, 1.165) is 43.0 Å². The van der Waals surface area contributed by atoms with Gasteiger partial charge in [-0.1, -0.05) is 24.3 Å². The van der Waals surface area contributed by atoms with Crippen molar-refractivity contribution in [2.45, 2.75) is 18.9 Å². The van der Waals surface area contributed by atoms with Gasteiger partial charge in [-0.3, -0.25) is 4.79 Å². The number of aromatic nitrogens is 6. The summed E-state index contributed by atoms with van der Waals surface area (Å²) in [5.41, 5.74) is 2.02. The molecule has 2 N–H and O–H groups in total. The van der Waals surface area contributed by atoms with Crippen molar-refractivity contribution >= 4 is 6.47 Å². The third-order valence-electron chi connectivity index (χ3n) is 4.00. The fourth-order valence-corrected chi connectivity index (χ4v) is 2.85. The lowest BCUT2D eigenvalue weighted by molar-refractivity contribution is -0.122. The van der Waals surface area contributed by atoms with Gasteiger partial charge in [0.15, 0.2) is 0 Å². The highest BCUT2D eigenvalue weighted by Crippen LogP contribution is 2.28. The van der Waals surface area contributed by atoms with Crippen LogP contribution in [-0.4, -0.2) is 55.0 Å². The van der Waals surface area contributed by atoms with Crippen LogP contribution in [0.5, 0.6) is 0 Å². The second-order valence-corrected chi connectivity index (χ2v) is 5.42. The molecule has 9 nitrogen and oxygen atoms in total. The van der Waals surface area contributed by atoms with Crippen molar-refractivity contribution in [3.63, 3.8) is 0 Å². The second kappa shape index (κ2) is 8.15. The summed E-state index contributed by atoms with van der Waals surface area (Å²) in [5, 5.41) is 20.9. The molecule has 0 saturated carbocycles. The van der Waals surface area contributed by atoms with Crippen LogP contribution in [0.15, 0.2) is 36.7 Å². The molecule has 1 aromatic carbocycles. The van der Waals surface area contributed by atoms with Crippen LogP contribution in [0.4, 0.5) is 0 Å². The number of hydrogen-bond acceptors (Lipinski definition) is 6. The molecule has 0 unspecified atom stereocenters. The average Bonchev–Trinajstić information content (AvgIpc) is 3.35. The van der Waals surface area contributed by atoms with Gasteiger partial charge in [0, 0.05) is 42.8 Å². The number of tetrazole rings is 1. The van der Waals surface area contributed by atoms with Gasteiger partial charge in [0.25, 0.3) is 6.47 Å². The zero-order chi connectivity index (χ0) is 17.5. The number of nitrogens with zero attached hydrogens (tertiary/aromatic N) is 5. The number of carboxylic acid groups (broad SMARTS) is 1. The van der Waals surface area contributed by atoms with Crippen molar-refractivity contribution < 1.29 is 14.6 Å². The van der Waals surface area contributed by atoms with Gasteiger partial charge in [-0.25, -0.2) is 4.98 Å². The highest BCUT2D eigenvalue weighted by Gasteiger charge is 2.19. The predicted molar refractivity (Wildman–Crippen MR) is 88.6 cm³/mol. The maximum absolute atomic E-state index is 8.36. The highest BCUT2D eigenvalue weighted by atomic mass is 16.5. The number of H-pyrrole nitrogens is 1. The summed E-state index contributed by atoms with van der Waals surface area (Å²) in [6.07, 6.45) is 5.98. The van der Waals surface area contributed by atoms with Crippen molar-refractivity contribution in [3.05, 3.63) is 36.7 Å². The van der Waals surface area contributed by atoms with E-state index in [2.05, 4.69) is 36.4 Å². The SMILES string of the molecule is O=CO.c1cn(C2CCOCC2)c(-c2ccc(-c3nn[nH]n3)cc2)n1. The number of nitrogens with one attached hydrogen (secondary N) is 1. The number of aromatic amines is 1. The topological polar surface area (TPSA) is 119 Å². The van der Waals surface area contributed by atoms with E-state index in [1.807, 2.05) is 30.5 Å². The summed E-state index contributed by atoms with van der Waals surface area (Å²) in [6.45, 7) is 1.39. The molecule has 0 amide bonds. The van der Waals surface area contributed by atoms with Gasteiger partial charge in [-0.2, -0.15) is 5.21 Å². The Morgan fingerprint density at radius 1 is 1.20 bits per heavy atom. The Morgan fingerprint density at radius 2 is 1.88 bits per heavy atom. The van der Waals surface area contributed by atoms with Gasteiger partial charge >= 0.3 is 0 Å². The fourth-order valence-electron chi connectivity index (χ4n) is 2.85. The van der Waals surface area contributed by atoms with Crippen LogP contribution in [0.2, 0.25) is 0 Å². The van der Waals surface area contributed by atoms with Gasteiger partial charge in [0.05, 0.1) is 0 Å². The van der Waals surface area contributed by atoms with E-state index >= 15 is 0 Å². The van der Waals surface area contributed by atoms with Crippen LogP contribution in [0.1, 0.15) is 18.9 Å². The predicted octanol–water partition coefficient (Wildman–Crippen LogP) is 1.78. The molecule has 0 radical (unpaired) electrons. The van der Waals surface area contributed by atoms with E-state index in [-0.39, 0.29) is 6.47 Å². The third-order valence-corrected chi connectivity index (χ3v) is 4.00. The number of ether oxygens (including phenoxy) is 1. The van der Waals surface area contributed by atoms with Gasteiger partial charge in [0.1, 0.15) is 5.82 Å².